The van der Waals surface area contributed by atoms with E-state index in [9.17, 15) is 9.59 Å². The van der Waals surface area contributed by atoms with Crippen LogP contribution in [0.25, 0.3) is 0 Å². The molecule has 6 heteroatoms. The molecule has 0 saturated carbocycles. The van der Waals surface area contributed by atoms with Gasteiger partial charge < -0.3 is 19.5 Å². The van der Waals surface area contributed by atoms with Crippen molar-refractivity contribution < 1.29 is 24.2 Å². The van der Waals surface area contributed by atoms with Crippen molar-refractivity contribution in [3.05, 3.63) is 23.8 Å². The van der Waals surface area contributed by atoms with Crippen LogP contribution in [-0.2, 0) is 4.79 Å². The maximum absolute atomic E-state index is 12.5. The number of nitrogens with zero attached hydrogens (tertiary/aromatic N) is 1. The highest BCUT2D eigenvalue weighted by Crippen LogP contribution is 2.29. The van der Waals surface area contributed by atoms with Crippen molar-refractivity contribution in [1.82, 2.24) is 4.90 Å². The molecule has 1 aromatic rings. The van der Waals surface area contributed by atoms with E-state index in [0.29, 0.717) is 36.1 Å². The van der Waals surface area contributed by atoms with Gasteiger partial charge >= 0.3 is 5.97 Å². The molecular formula is C17H25NO5. The maximum atomic E-state index is 12.5. The number of rotatable bonds is 9. The number of carbonyl (C=O) groups is 2. The third-order valence-corrected chi connectivity index (χ3v) is 3.47. The van der Waals surface area contributed by atoms with Crippen molar-refractivity contribution in [2.45, 2.75) is 27.2 Å². The summed E-state index contributed by atoms with van der Waals surface area (Å²) in [5.74, 6) is -0.0580. The van der Waals surface area contributed by atoms with Crippen LogP contribution in [0.5, 0.6) is 11.5 Å². The Hall–Kier alpha value is -2.24. The fraction of sp³-hybridized carbons (Fsp3) is 0.529. The van der Waals surface area contributed by atoms with Gasteiger partial charge in [0.2, 0.25) is 0 Å². The minimum Gasteiger partial charge on any atom is -0.490 e. The van der Waals surface area contributed by atoms with Crippen molar-refractivity contribution in [3.63, 3.8) is 0 Å². The Bertz CT molecular complexity index is 544. The van der Waals surface area contributed by atoms with Gasteiger partial charge in [-0.3, -0.25) is 4.79 Å². The van der Waals surface area contributed by atoms with E-state index < -0.39 is 12.6 Å². The normalized spacial score (nSPS) is 11.7. The van der Waals surface area contributed by atoms with Crippen LogP contribution in [0.4, 0.5) is 0 Å². The fourth-order valence-corrected chi connectivity index (χ4v) is 2.07. The van der Waals surface area contributed by atoms with Crippen molar-refractivity contribution in [2.75, 3.05) is 26.8 Å². The Labute approximate surface area is 137 Å². The molecule has 1 amide bonds. The second-order valence-corrected chi connectivity index (χ2v) is 5.48. The average Bonchev–Trinajstić information content (AvgIpc) is 2.52. The van der Waals surface area contributed by atoms with Gasteiger partial charge in [0.25, 0.3) is 5.91 Å². The first-order chi connectivity index (χ1) is 10.9. The molecule has 0 spiro atoms. The first-order valence-electron chi connectivity index (χ1n) is 7.75. The largest absolute Gasteiger partial charge is 0.490 e. The zero-order chi connectivity index (χ0) is 17.4. The van der Waals surface area contributed by atoms with Gasteiger partial charge in [-0.15, -0.1) is 0 Å². The summed E-state index contributed by atoms with van der Waals surface area (Å²) in [5.41, 5.74) is 0.488. The molecule has 1 atom stereocenters. The lowest BCUT2D eigenvalue weighted by atomic mass is 10.1. The van der Waals surface area contributed by atoms with Gasteiger partial charge in [0.1, 0.15) is 0 Å². The van der Waals surface area contributed by atoms with Crippen molar-refractivity contribution in [3.8, 4) is 11.5 Å². The molecule has 0 aromatic heterocycles. The van der Waals surface area contributed by atoms with Gasteiger partial charge in [-0.1, -0.05) is 20.3 Å². The Morgan fingerprint density at radius 1 is 1.22 bits per heavy atom. The summed E-state index contributed by atoms with van der Waals surface area (Å²) < 4.78 is 10.6. The maximum Gasteiger partial charge on any atom is 0.341 e. The second kappa shape index (κ2) is 9.02. The van der Waals surface area contributed by atoms with Gasteiger partial charge in [0, 0.05) is 19.2 Å². The SMILES string of the molecule is CCOc1cc(C(=O)N(C)CC(C)CC)ccc1OCC(=O)O. The van der Waals surface area contributed by atoms with Crippen LogP contribution in [0, 0.1) is 5.92 Å². The molecule has 1 rings (SSSR count). The van der Waals surface area contributed by atoms with Crippen LogP contribution < -0.4 is 9.47 Å². The van der Waals surface area contributed by atoms with Crippen LogP contribution in [0.1, 0.15) is 37.6 Å². The van der Waals surface area contributed by atoms with Gasteiger partial charge in [-0.25, -0.2) is 4.79 Å². The average molecular weight is 323 g/mol. The smallest absolute Gasteiger partial charge is 0.341 e. The molecule has 0 fully saturated rings. The minimum absolute atomic E-state index is 0.101. The lowest BCUT2D eigenvalue weighted by Crippen LogP contribution is -2.30. The standard InChI is InChI=1S/C17H25NO5/c1-5-12(3)10-18(4)17(21)13-7-8-14(23-11-16(19)20)15(9-13)22-6-2/h7-9,12H,5-6,10-11H2,1-4H3,(H,19,20). The number of carboxylic acids is 1. The highest BCUT2D eigenvalue weighted by molar-refractivity contribution is 5.94. The molecule has 0 aliphatic carbocycles. The van der Waals surface area contributed by atoms with E-state index in [-0.39, 0.29) is 5.91 Å². The van der Waals surface area contributed by atoms with E-state index in [0.717, 1.165) is 6.42 Å². The Morgan fingerprint density at radius 3 is 2.48 bits per heavy atom. The quantitative estimate of drug-likeness (QED) is 0.756. The number of hydrogen-bond acceptors (Lipinski definition) is 4. The molecule has 23 heavy (non-hydrogen) atoms. The van der Waals surface area contributed by atoms with E-state index in [1.807, 2.05) is 6.92 Å². The topological polar surface area (TPSA) is 76.1 Å². The predicted octanol–water partition coefficient (Wildman–Crippen LogP) is 2.67. The van der Waals surface area contributed by atoms with Crippen LogP contribution in [-0.4, -0.2) is 48.7 Å². The molecule has 0 aliphatic rings. The molecule has 1 unspecified atom stereocenters. The molecule has 0 radical (unpaired) electrons. The number of amides is 1. The van der Waals surface area contributed by atoms with Crippen molar-refractivity contribution in [1.29, 1.82) is 0 Å². The highest BCUT2D eigenvalue weighted by Gasteiger charge is 2.17. The van der Waals surface area contributed by atoms with E-state index in [4.69, 9.17) is 14.6 Å². The molecule has 1 aromatic carbocycles. The molecule has 0 bridgehead atoms. The highest BCUT2D eigenvalue weighted by atomic mass is 16.5. The molecule has 128 valence electrons. The zero-order valence-corrected chi connectivity index (χ0v) is 14.2. The first-order valence-corrected chi connectivity index (χ1v) is 7.75. The van der Waals surface area contributed by atoms with E-state index in [2.05, 4.69) is 13.8 Å². The monoisotopic (exact) mass is 323 g/mol. The molecule has 0 saturated heterocycles. The molecule has 0 aliphatic heterocycles. The van der Waals surface area contributed by atoms with Crippen LogP contribution in [0.3, 0.4) is 0 Å². The Balaban J connectivity index is 2.93. The third-order valence-electron chi connectivity index (χ3n) is 3.47. The summed E-state index contributed by atoms with van der Waals surface area (Å²) in [5, 5.41) is 8.69. The van der Waals surface area contributed by atoms with Gasteiger partial charge in [-0.2, -0.15) is 0 Å². The van der Waals surface area contributed by atoms with Gasteiger partial charge in [0.15, 0.2) is 18.1 Å². The molecular weight excluding hydrogens is 298 g/mol. The van der Waals surface area contributed by atoms with Crippen molar-refractivity contribution in [2.24, 2.45) is 5.92 Å². The predicted molar refractivity (Wildman–Crippen MR) is 87.2 cm³/mol. The summed E-state index contributed by atoms with van der Waals surface area (Å²) in [4.78, 5) is 24.8. The lowest BCUT2D eigenvalue weighted by molar-refractivity contribution is -0.139. The first kappa shape index (κ1) is 18.8. The summed E-state index contributed by atoms with van der Waals surface area (Å²) in [6, 6.07) is 4.78. The number of benzene rings is 1. The summed E-state index contributed by atoms with van der Waals surface area (Å²) >= 11 is 0. The van der Waals surface area contributed by atoms with E-state index in [1.165, 1.54) is 0 Å². The van der Waals surface area contributed by atoms with Crippen LogP contribution in [0.15, 0.2) is 18.2 Å². The Morgan fingerprint density at radius 2 is 1.91 bits per heavy atom. The second-order valence-electron chi connectivity index (χ2n) is 5.48. The number of hydrogen-bond donors (Lipinski definition) is 1. The number of carbonyl (C=O) groups excluding carboxylic acids is 1. The van der Waals surface area contributed by atoms with E-state index >= 15 is 0 Å². The third kappa shape index (κ3) is 5.81. The summed E-state index contributed by atoms with van der Waals surface area (Å²) in [7, 11) is 1.77. The lowest BCUT2D eigenvalue weighted by Gasteiger charge is -2.21. The molecule has 6 nitrogen and oxygen atoms in total. The number of carboxylic acid groups (broad SMARTS) is 1. The zero-order valence-electron chi connectivity index (χ0n) is 14.2. The van der Waals surface area contributed by atoms with E-state index in [1.54, 1.807) is 30.1 Å². The number of ether oxygens (including phenoxy) is 2. The molecule has 1 N–H and O–H groups in total. The van der Waals surface area contributed by atoms with Gasteiger partial charge in [0.05, 0.1) is 6.61 Å². The summed E-state index contributed by atoms with van der Waals surface area (Å²) in [6.45, 7) is 6.61. The Kier molecular flexibility index (Phi) is 7.38. The minimum atomic E-state index is -1.07. The summed E-state index contributed by atoms with van der Waals surface area (Å²) in [6.07, 6.45) is 1.00. The van der Waals surface area contributed by atoms with Crippen molar-refractivity contribution >= 4 is 11.9 Å². The fourth-order valence-electron chi connectivity index (χ4n) is 2.07. The van der Waals surface area contributed by atoms with Crippen LogP contribution >= 0.6 is 0 Å². The number of aliphatic carboxylic acids is 1. The molecule has 0 heterocycles. The van der Waals surface area contributed by atoms with Crippen LogP contribution in [0.2, 0.25) is 0 Å². The van der Waals surface area contributed by atoms with Gasteiger partial charge in [-0.05, 0) is 31.0 Å².